The van der Waals surface area contributed by atoms with E-state index in [4.69, 9.17) is 0 Å². The molecule has 1 N–H and O–H groups in total. The van der Waals surface area contributed by atoms with Gasteiger partial charge in [-0.2, -0.15) is 4.84 Å². The molecule has 0 saturated carbocycles. The van der Waals surface area contributed by atoms with Gasteiger partial charge < -0.3 is 0 Å². The molecule has 0 bridgehead atoms. The number of amides is 1. The molecule has 14 heavy (non-hydrogen) atoms. The van der Waals surface area contributed by atoms with Gasteiger partial charge in [-0.25, -0.2) is 5.48 Å². The molecular weight excluding hydrogens is 201 g/mol. The molecule has 0 fully saturated rings. The number of alkyl halides is 3. The molecule has 76 valence electrons. The van der Waals surface area contributed by atoms with E-state index >= 15 is 0 Å². The lowest BCUT2D eigenvalue weighted by atomic mass is 10.3. The minimum atomic E-state index is -4.89. The zero-order chi connectivity index (χ0) is 10.6. The van der Waals surface area contributed by atoms with Crippen molar-refractivity contribution in [3.8, 4) is 0 Å². The lowest BCUT2D eigenvalue weighted by Crippen LogP contribution is -2.31. The molecule has 0 radical (unpaired) electrons. The van der Waals surface area contributed by atoms with Crippen molar-refractivity contribution in [1.82, 2.24) is 10.5 Å². The summed E-state index contributed by atoms with van der Waals surface area (Å²) in [6.45, 7) is 0. The summed E-state index contributed by atoms with van der Waals surface area (Å²) in [4.78, 5) is 17.6. The molecule has 0 saturated heterocycles. The molecule has 0 aliphatic heterocycles. The van der Waals surface area contributed by atoms with Gasteiger partial charge in [0.25, 0.3) is 5.91 Å². The Balaban J connectivity index is 2.52. The second-order valence-electron chi connectivity index (χ2n) is 2.21. The summed E-state index contributed by atoms with van der Waals surface area (Å²) in [6.07, 6.45) is -2.33. The summed E-state index contributed by atoms with van der Waals surface area (Å²) < 4.78 is 34.4. The zero-order valence-corrected chi connectivity index (χ0v) is 6.71. The van der Waals surface area contributed by atoms with Crippen LogP contribution in [0.2, 0.25) is 0 Å². The van der Waals surface area contributed by atoms with Crippen LogP contribution in [0.5, 0.6) is 0 Å². The molecule has 0 unspecified atom stereocenters. The Kier molecular flexibility index (Phi) is 3.03. The molecule has 0 atom stereocenters. The maximum absolute atomic E-state index is 11.5. The number of nitrogens with zero attached hydrogens (tertiary/aromatic N) is 1. The van der Waals surface area contributed by atoms with E-state index in [1.807, 2.05) is 0 Å². The first-order valence-corrected chi connectivity index (χ1v) is 3.44. The lowest BCUT2D eigenvalue weighted by molar-refractivity contribution is -0.343. The van der Waals surface area contributed by atoms with Crippen LogP contribution in [0.15, 0.2) is 24.5 Å². The normalized spacial score (nSPS) is 11.1. The van der Waals surface area contributed by atoms with Crippen LogP contribution in [0.25, 0.3) is 0 Å². The largest absolute Gasteiger partial charge is 0.543 e. The highest BCUT2D eigenvalue weighted by Gasteiger charge is 2.31. The van der Waals surface area contributed by atoms with E-state index in [2.05, 4.69) is 9.82 Å². The Morgan fingerprint density at radius 2 is 1.93 bits per heavy atom. The van der Waals surface area contributed by atoms with Gasteiger partial charge in [-0.3, -0.25) is 9.78 Å². The average molecular weight is 206 g/mol. The Morgan fingerprint density at radius 1 is 1.36 bits per heavy atom. The van der Waals surface area contributed by atoms with Gasteiger partial charge in [0.15, 0.2) is 0 Å². The average Bonchev–Trinajstić information content (AvgIpc) is 2.14. The quantitative estimate of drug-likeness (QED) is 0.741. The highest BCUT2D eigenvalue weighted by atomic mass is 19.4. The van der Waals surface area contributed by atoms with Crippen molar-refractivity contribution in [1.29, 1.82) is 0 Å². The molecule has 0 spiro atoms. The highest BCUT2D eigenvalue weighted by molar-refractivity contribution is 5.93. The number of pyridine rings is 1. The van der Waals surface area contributed by atoms with Crippen molar-refractivity contribution < 1.29 is 22.8 Å². The maximum atomic E-state index is 11.5. The van der Waals surface area contributed by atoms with Gasteiger partial charge in [0, 0.05) is 18.0 Å². The van der Waals surface area contributed by atoms with E-state index in [1.54, 1.807) is 0 Å². The topological polar surface area (TPSA) is 51.2 Å². The molecule has 1 aromatic heterocycles. The van der Waals surface area contributed by atoms with Crippen molar-refractivity contribution in [2.75, 3.05) is 0 Å². The Morgan fingerprint density at radius 3 is 2.43 bits per heavy atom. The second-order valence-corrected chi connectivity index (χ2v) is 2.21. The van der Waals surface area contributed by atoms with Crippen molar-refractivity contribution in [2.45, 2.75) is 6.36 Å². The molecule has 1 amide bonds. The molecule has 1 aromatic rings. The van der Waals surface area contributed by atoms with E-state index in [9.17, 15) is 18.0 Å². The molecule has 0 aromatic carbocycles. The summed E-state index contributed by atoms with van der Waals surface area (Å²) in [5.41, 5.74) is 1.28. The van der Waals surface area contributed by atoms with Gasteiger partial charge in [0.2, 0.25) is 0 Å². The molecule has 7 heteroatoms. The van der Waals surface area contributed by atoms with Gasteiger partial charge in [0.1, 0.15) is 0 Å². The van der Waals surface area contributed by atoms with Gasteiger partial charge in [-0.05, 0) is 12.1 Å². The Hall–Kier alpha value is -1.63. The maximum Gasteiger partial charge on any atom is 0.543 e. The fraction of sp³-hybridized carbons (Fsp3) is 0.143. The monoisotopic (exact) mass is 206 g/mol. The van der Waals surface area contributed by atoms with Gasteiger partial charge >= 0.3 is 6.36 Å². The van der Waals surface area contributed by atoms with Crippen molar-refractivity contribution in [3.63, 3.8) is 0 Å². The predicted molar refractivity (Wildman–Crippen MR) is 38.8 cm³/mol. The third-order valence-corrected chi connectivity index (χ3v) is 1.20. The van der Waals surface area contributed by atoms with Crippen LogP contribution in [0.1, 0.15) is 10.4 Å². The molecule has 1 rings (SSSR count). The van der Waals surface area contributed by atoms with E-state index in [1.165, 1.54) is 30.0 Å². The number of hydroxylamine groups is 1. The number of hydrogen-bond acceptors (Lipinski definition) is 3. The SMILES string of the molecule is O=C(NOC(F)(F)F)c1ccncc1. The van der Waals surface area contributed by atoms with Gasteiger partial charge in [0.05, 0.1) is 0 Å². The van der Waals surface area contributed by atoms with Gasteiger partial charge in [-0.1, -0.05) is 0 Å². The van der Waals surface area contributed by atoms with Crippen molar-refractivity contribution in [2.24, 2.45) is 0 Å². The first-order valence-electron chi connectivity index (χ1n) is 3.44. The number of carbonyl (C=O) groups is 1. The van der Waals surface area contributed by atoms with E-state index < -0.39 is 12.3 Å². The van der Waals surface area contributed by atoms with Crippen LogP contribution in [0.4, 0.5) is 13.2 Å². The fourth-order valence-corrected chi connectivity index (χ4v) is 0.666. The van der Waals surface area contributed by atoms with E-state index in [0.717, 1.165) is 0 Å². The first-order chi connectivity index (χ1) is 6.49. The van der Waals surface area contributed by atoms with E-state index in [-0.39, 0.29) is 5.56 Å². The summed E-state index contributed by atoms with van der Waals surface area (Å²) in [7, 11) is 0. The smallest absolute Gasteiger partial charge is 0.267 e. The number of hydrogen-bond donors (Lipinski definition) is 1. The Bertz CT molecular complexity index is 312. The first kappa shape index (κ1) is 10.5. The summed E-state index contributed by atoms with van der Waals surface area (Å²) in [5.74, 6) is -0.982. The fourth-order valence-electron chi connectivity index (χ4n) is 0.666. The van der Waals surface area contributed by atoms with Crippen LogP contribution < -0.4 is 5.48 Å². The third kappa shape index (κ3) is 3.40. The summed E-state index contributed by atoms with van der Waals surface area (Å²) >= 11 is 0. The summed E-state index contributed by atoms with van der Waals surface area (Å²) in [5, 5.41) is 0. The number of rotatable bonds is 2. The number of aromatic nitrogens is 1. The number of nitrogens with one attached hydrogen (secondary N) is 1. The van der Waals surface area contributed by atoms with Crippen LogP contribution in [-0.4, -0.2) is 17.3 Å². The Labute approximate surface area is 76.7 Å². The third-order valence-electron chi connectivity index (χ3n) is 1.20. The lowest BCUT2D eigenvalue weighted by Gasteiger charge is -2.07. The molecule has 1 heterocycles. The molecular formula is C7H5F3N2O2. The summed E-state index contributed by atoms with van der Waals surface area (Å²) in [6, 6.07) is 2.52. The highest BCUT2D eigenvalue weighted by Crippen LogP contribution is 2.14. The minimum absolute atomic E-state index is 0.0317. The van der Waals surface area contributed by atoms with Crippen LogP contribution >= 0.6 is 0 Å². The van der Waals surface area contributed by atoms with Crippen molar-refractivity contribution >= 4 is 5.91 Å². The number of carbonyl (C=O) groups excluding carboxylic acids is 1. The van der Waals surface area contributed by atoms with E-state index in [0.29, 0.717) is 0 Å². The van der Waals surface area contributed by atoms with Gasteiger partial charge in [-0.15, -0.1) is 13.2 Å². The van der Waals surface area contributed by atoms with Crippen molar-refractivity contribution in [3.05, 3.63) is 30.1 Å². The van der Waals surface area contributed by atoms with Crippen LogP contribution in [0, 0.1) is 0 Å². The number of halogens is 3. The molecule has 0 aliphatic carbocycles. The zero-order valence-electron chi connectivity index (χ0n) is 6.71. The van der Waals surface area contributed by atoms with Crippen LogP contribution in [0.3, 0.4) is 0 Å². The molecule has 0 aliphatic rings. The van der Waals surface area contributed by atoms with Crippen LogP contribution in [-0.2, 0) is 4.84 Å². The molecule has 4 nitrogen and oxygen atoms in total. The minimum Gasteiger partial charge on any atom is -0.267 e. The predicted octanol–water partition coefficient (Wildman–Crippen LogP) is 1.26. The second kappa shape index (κ2) is 4.05. The standard InChI is InChI=1S/C7H5F3N2O2/c8-7(9,10)14-12-6(13)5-1-3-11-4-2-5/h1-4H,(H,12,13).